The summed E-state index contributed by atoms with van der Waals surface area (Å²) < 4.78 is 5.72. The smallest absolute Gasteiger partial charge is 0.223 e. The SMILES string of the molecule is Cc1cccc(OCCCC(=O)N2CCCCC2CNC(=O)CCN)c1. The van der Waals surface area contributed by atoms with E-state index in [1.807, 2.05) is 36.1 Å². The average molecular weight is 361 g/mol. The van der Waals surface area contributed by atoms with E-state index in [-0.39, 0.29) is 17.9 Å². The van der Waals surface area contributed by atoms with Crippen LogP contribution in [0.2, 0.25) is 0 Å². The van der Waals surface area contributed by atoms with Crippen LogP contribution in [0.4, 0.5) is 0 Å². The molecule has 0 saturated carbocycles. The number of rotatable bonds is 9. The molecule has 1 unspecified atom stereocenters. The van der Waals surface area contributed by atoms with E-state index in [2.05, 4.69) is 5.32 Å². The van der Waals surface area contributed by atoms with Gasteiger partial charge in [-0.3, -0.25) is 9.59 Å². The first-order valence-electron chi connectivity index (χ1n) is 9.56. The Morgan fingerprint density at radius 1 is 1.31 bits per heavy atom. The minimum atomic E-state index is -0.0444. The molecule has 1 saturated heterocycles. The molecule has 2 rings (SSSR count). The highest BCUT2D eigenvalue weighted by molar-refractivity contribution is 5.77. The number of carbonyl (C=O) groups is 2. The van der Waals surface area contributed by atoms with E-state index in [1.54, 1.807) is 0 Å². The minimum absolute atomic E-state index is 0.0444. The van der Waals surface area contributed by atoms with Gasteiger partial charge in [0.25, 0.3) is 0 Å². The summed E-state index contributed by atoms with van der Waals surface area (Å²) in [5, 5.41) is 2.89. The van der Waals surface area contributed by atoms with Crippen LogP contribution in [0.15, 0.2) is 24.3 Å². The van der Waals surface area contributed by atoms with Crippen LogP contribution in [0.25, 0.3) is 0 Å². The van der Waals surface area contributed by atoms with Gasteiger partial charge in [-0.05, 0) is 50.3 Å². The van der Waals surface area contributed by atoms with Gasteiger partial charge >= 0.3 is 0 Å². The van der Waals surface area contributed by atoms with E-state index >= 15 is 0 Å². The first-order chi connectivity index (χ1) is 12.6. The molecule has 0 radical (unpaired) electrons. The second-order valence-corrected chi connectivity index (χ2v) is 6.85. The first kappa shape index (κ1) is 20.2. The fraction of sp³-hybridized carbons (Fsp3) is 0.600. The highest BCUT2D eigenvalue weighted by Gasteiger charge is 2.26. The van der Waals surface area contributed by atoms with Crippen LogP contribution in [0.1, 0.15) is 44.1 Å². The van der Waals surface area contributed by atoms with E-state index in [9.17, 15) is 9.59 Å². The maximum atomic E-state index is 12.6. The van der Waals surface area contributed by atoms with Crippen LogP contribution in [0.3, 0.4) is 0 Å². The van der Waals surface area contributed by atoms with Crippen molar-refractivity contribution in [3.05, 3.63) is 29.8 Å². The molecule has 1 aromatic carbocycles. The fourth-order valence-corrected chi connectivity index (χ4v) is 3.25. The van der Waals surface area contributed by atoms with Crippen molar-refractivity contribution in [1.82, 2.24) is 10.2 Å². The Labute approximate surface area is 156 Å². The standard InChI is InChI=1S/C20H31N3O3/c1-16-6-4-8-18(14-16)26-13-5-9-20(25)23-12-3-2-7-17(23)15-22-19(24)10-11-21/h4,6,8,14,17H,2-3,5,7,9-13,15,21H2,1H3,(H,22,24). The first-order valence-corrected chi connectivity index (χ1v) is 9.56. The topological polar surface area (TPSA) is 84.7 Å². The molecule has 1 aromatic rings. The molecule has 1 fully saturated rings. The Hall–Kier alpha value is -2.08. The molecule has 1 heterocycles. The van der Waals surface area contributed by atoms with E-state index in [1.165, 1.54) is 0 Å². The maximum Gasteiger partial charge on any atom is 0.223 e. The summed E-state index contributed by atoms with van der Waals surface area (Å²) in [6, 6.07) is 8.01. The van der Waals surface area contributed by atoms with Gasteiger partial charge in [-0.25, -0.2) is 0 Å². The quantitative estimate of drug-likeness (QED) is 0.659. The second-order valence-electron chi connectivity index (χ2n) is 6.85. The summed E-state index contributed by atoms with van der Waals surface area (Å²) in [6.45, 7) is 4.19. The highest BCUT2D eigenvalue weighted by Crippen LogP contribution is 2.18. The lowest BCUT2D eigenvalue weighted by Crippen LogP contribution is -2.49. The van der Waals surface area contributed by atoms with Crippen LogP contribution in [0, 0.1) is 6.92 Å². The van der Waals surface area contributed by atoms with Gasteiger partial charge in [0.05, 0.1) is 6.61 Å². The monoisotopic (exact) mass is 361 g/mol. The molecule has 0 spiro atoms. The number of benzene rings is 1. The van der Waals surface area contributed by atoms with Crippen molar-refractivity contribution in [1.29, 1.82) is 0 Å². The number of amides is 2. The van der Waals surface area contributed by atoms with Gasteiger partial charge in [0, 0.05) is 38.5 Å². The Kier molecular flexibility index (Phi) is 8.41. The summed E-state index contributed by atoms with van der Waals surface area (Å²) in [6.07, 6.45) is 4.55. The summed E-state index contributed by atoms with van der Waals surface area (Å²) >= 11 is 0. The molecule has 0 bridgehead atoms. The Morgan fingerprint density at radius 3 is 2.92 bits per heavy atom. The van der Waals surface area contributed by atoms with Gasteiger partial charge < -0.3 is 20.7 Å². The Bertz CT molecular complexity index is 591. The molecule has 1 aliphatic heterocycles. The number of nitrogens with two attached hydrogens (primary N) is 1. The third-order valence-electron chi connectivity index (χ3n) is 4.65. The van der Waals surface area contributed by atoms with Gasteiger partial charge in [0.15, 0.2) is 0 Å². The van der Waals surface area contributed by atoms with Crippen molar-refractivity contribution in [2.45, 2.75) is 51.5 Å². The van der Waals surface area contributed by atoms with E-state index in [0.717, 1.165) is 37.1 Å². The lowest BCUT2D eigenvalue weighted by Gasteiger charge is -2.36. The normalized spacial score (nSPS) is 17.0. The lowest BCUT2D eigenvalue weighted by atomic mass is 10.0. The summed E-state index contributed by atoms with van der Waals surface area (Å²) in [5.41, 5.74) is 6.55. The van der Waals surface area contributed by atoms with Crippen LogP contribution in [0.5, 0.6) is 5.75 Å². The van der Waals surface area contributed by atoms with Crippen molar-refractivity contribution >= 4 is 11.8 Å². The van der Waals surface area contributed by atoms with Gasteiger partial charge in [-0.15, -0.1) is 0 Å². The summed E-state index contributed by atoms with van der Waals surface area (Å²) in [7, 11) is 0. The zero-order valence-electron chi connectivity index (χ0n) is 15.7. The van der Waals surface area contributed by atoms with Gasteiger partial charge in [-0.2, -0.15) is 0 Å². The lowest BCUT2D eigenvalue weighted by molar-refractivity contribution is -0.135. The number of piperidine rings is 1. The Morgan fingerprint density at radius 2 is 2.15 bits per heavy atom. The van der Waals surface area contributed by atoms with Crippen molar-refractivity contribution < 1.29 is 14.3 Å². The summed E-state index contributed by atoms with van der Waals surface area (Å²) in [4.78, 5) is 26.1. The average Bonchev–Trinajstić information content (AvgIpc) is 2.64. The largest absolute Gasteiger partial charge is 0.494 e. The van der Waals surface area contributed by atoms with E-state index in [0.29, 0.717) is 39.0 Å². The van der Waals surface area contributed by atoms with Gasteiger partial charge in [0.2, 0.25) is 11.8 Å². The zero-order chi connectivity index (χ0) is 18.8. The number of nitrogens with one attached hydrogen (secondary N) is 1. The highest BCUT2D eigenvalue weighted by atomic mass is 16.5. The molecule has 2 amide bonds. The van der Waals surface area contributed by atoms with Crippen LogP contribution in [-0.4, -0.2) is 49.0 Å². The van der Waals surface area contributed by atoms with E-state index in [4.69, 9.17) is 10.5 Å². The van der Waals surface area contributed by atoms with Crippen molar-refractivity contribution in [2.75, 3.05) is 26.2 Å². The molecule has 144 valence electrons. The minimum Gasteiger partial charge on any atom is -0.494 e. The van der Waals surface area contributed by atoms with Gasteiger partial charge in [0.1, 0.15) is 5.75 Å². The number of aryl methyl sites for hydroxylation is 1. The molecular formula is C20H31N3O3. The predicted molar refractivity (Wildman–Crippen MR) is 102 cm³/mol. The van der Waals surface area contributed by atoms with E-state index < -0.39 is 0 Å². The zero-order valence-corrected chi connectivity index (χ0v) is 15.7. The molecule has 6 nitrogen and oxygen atoms in total. The molecule has 0 aliphatic carbocycles. The van der Waals surface area contributed by atoms with Crippen LogP contribution < -0.4 is 15.8 Å². The van der Waals surface area contributed by atoms with Gasteiger partial charge in [-0.1, -0.05) is 12.1 Å². The second kappa shape index (κ2) is 10.8. The third kappa shape index (κ3) is 6.67. The molecule has 3 N–H and O–H groups in total. The van der Waals surface area contributed by atoms with Crippen molar-refractivity contribution in [3.8, 4) is 5.75 Å². The summed E-state index contributed by atoms with van der Waals surface area (Å²) in [5.74, 6) is 0.948. The number of ether oxygens (including phenoxy) is 1. The molecule has 6 heteroatoms. The molecule has 0 aromatic heterocycles. The number of hydrogen-bond acceptors (Lipinski definition) is 4. The van der Waals surface area contributed by atoms with Crippen molar-refractivity contribution in [2.24, 2.45) is 5.73 Å². The fourth-order valence-electron chi connectivity index (χ4n) is 3.25. The third-order valence-corrected chi connectivity index (χ3v) is 4.65. The molecule has 1 aliphatic rings. The van der Waals surface area contributed by atoms with Crippen molar-refractivity contribution in [3.63, 3.8) is 0 Å². The number of carbonyl (C=O) groups excluding carboxylic acids is 2. The number of nitrogens with zero attached hydrogens (tertiary/aromatic N) is 1. The number of hydrogen-bond donors (Lipinski definition) is 2. The number of likely N-dealkylation sites (tertiary alicyclic amines) is 1. The molecular weight excluding hydrogens is 330 g/mol. The van der Waals surface area contributed by atoms with Crippen LogP contribution in [-0.2, 0) is 9.59 Å². The molecule has 1 atom stereocenters. The molecule has 26 heavy (non-hydrogen) atoms. The Balaban J connectivity index is 1.73. The maximum absolute atomic E-state index is 12.6. The predicted octanol–water partition coefficient (Wildman–Crippen LogP) is 2.00. The van der Waals surface area contributed by atoms with Crippen LogP contribution >= 0.6 is 0 Å².